The zero-order chi connectivity index (χ0) is 54.5. The summed E-state index contributed by atoms with van der Waals surface area (Å²) >= 11 is 3.51. The van der Waals surface area contributed by atoms with Crippen molar-refractivity contribution >= 4 is 57.9 Å². The van der Waals surface area contributed by atoms with E-state index in [0.717, 1.165) is 96.7 Å². The molecule has 0 saturated carbocycles. The monoisotopic (exact) mass is 1090 g/mol. The van der Waals surface area contributed by atoms with Gasteiger partial charge in [-0.25, -0.2) is 19.9 Å². The SMILES string of the molecule is Brc1ccc2nc(-c3ccccc3)c(-c3ccccc3)nc2c1.C1CCOC1.CC(C)OB1OC(C)(C)C(C)(C)O1.CC1(C)OB(c2ccc3nc(-c4ccccc4)c(-c4ccccc4)nc3c2)OC1(C)C.[CH2-]CCC.[Li+]. The second-order valence-corrected chi connectivity index (χ2v) is 22.1. The van der Waals surface area contributed by atoms with Crippen LogP contribution in [0.15, 0.2) is 162 Å². The van der Waals surface area contributed by atoms with E-state index in [4.69, 9.17) is 47.9 Å². The van der Waals surface area contributed by atoms with Crippen LogP contribution >= 0.6 is 15.9 Å². The van der Waals surface area contributed by atoms with Crippen molar-refractivity contribution in [3.05, 3.63) is 169 Å². The van der Waals surface area contributed by atoms with E-state index in [2.05, 4.69) is 106 Å². The predicted molar refractivity (Wildman–Crippen MR) is 317 cm³/mol. The Labute approximate surface area is 479 Å². The van der Waals surface area contributed by atoms with Crippen LogP contribution in [0.3, 0.4) is 0 Å². The Morgan fingerprint density at radius 3 is 1.18 bits per heavy atom. The molecule has 0 spiro atoms. The van der Waals surface area contributed by atoms with E-state index in [9.17, 15) is 0 Å². The Morgan fingerprint density at radius 1 is 0.506 bits per heavy atom. The molecule has 5 heterocycles. The van der Waals surface area contributed by atoms with Gasteiger partial charge in [-0.2, -0.15) is 6.42 Å². The van der Waals surface area contributed by atoms with Gasteiger partial charge in [-0.05, 0) is 118 Å². The summed E-state index contributed by atoms with van der Waals surface area (Å²) in [6.45, 7) is 27.9. The average molecular weight is 1090 g/mol. The number of ether oxygens (including phenoxy) is 1. The Hall–Kier alpha value is -5.03. The number of rotatable bonds is 8. The average Bonchev–Trinajstić information content (AvgIpc) is 4.13. The number of halogens is 1. The molecule has 0 atom stereocenters. The molecule has 14 heteroatoms. The van der Waals surface area contributed by atoms with Crippen LogP contribution in [0, 0.1) is 6.92 Å². The van der Waals surface area contributed by atoms with Crippen molar-refractivity contribution in [1.82, 2.24) is 19.9 Å². The summed E-state index contributed by atoms with van der Waals surface area (Å²) in [5.41, 5.74) is 10.8. The molecule has 0 radical (unpaired) electrons. The standard InChI is InChI=1S/C26H25BN2O2.C20H13BrN2.C9H19BO3.C4H8O.C4H9.Li/c1-25(2)26(3,4)31-27(30-25)20-15-16-21-22(17-20)29-24(19-13-9-6-10-14-19)23(28-21)18-11-7-5-8-12-18;21-16-11-12-17-18(13-16)23-20(15-9-5-2-6-10-15)19(22-17)14-7-3-1-4-8-14;1-7(2)11-10-12-8(3,4)9(5,6)13-10;1-2-4-5-3-1;1-3-4-2;/h5-17H,1-4H3;1-13H;7H,1-6H3;1-4H2;1,3-4H2,2H3;/q;;;;-1;+1. The van der Waals surface area contributed by atoms with Gasteiger partial charge in [0.25, 0.3) is 0 Å². The Bertz CT molecular complexity index is 3060. The fourth-order valence-corrected chi connectivity index (χ4v) is 8.34. The Kier molecular flexibility index (Phi) is 22.0. The Morgan fingerprint density at radius 2 is 0.844 bits per heavy atom. The number of aromatic nitrogens is 4. The fourth-order valence-electron chi connectivity index (χ4n) is 7.99. The maximum atomic E-state index is 6.24. The first-order chi connectivity index (χ1) is 36.3. The van der Waals surface area contributed by atoms with Crippen molar-refractivity contribution in [3.63, 3.8) is 0 Å². The number of fused-ring (bicyclic) bond motifs is 2. The van der Waals surface area contributed by atoms with Crippen LogP contribution in [0.1, 0.15) is 102 Å². The molecule has 3 aliphatic heterocycles. The van der Waals surface area contributed by atoms with Gasteiger partial charge in [-0.1, -0.05) is 157 Å². The molecule has 396 valence electrons. The van der Waals surface area contributed by atoms with Gasteiger partial charge in [-0.15, -0.1) is 0 Å². The molecule has 0 unspecified atom stereocenters. The third kappa shape index (κ3) is 16.1. The van der Waals surface area contributed by atoms with Gasteiger partial charge in [0, 0.05) is 46.0 Å². The molecular weight excluding hydrogens is 1020 g/mol. The molecule has 11 rings (SSSR count). The Balaban J connectivity index is 0.000000182. The summed E-state index contributed by atoms with van der Waals surface area (Å²) in [6.07, 6.45) is 4.95. The third-order valence-corrected chi connectivity index (χ3v) is 14.3. The van der Waals surface area contributed by atoms with Crippen molar-refractivity contribution in [3.8, 4) is 45.0 Å². The normalized spacial score (nSPS) is 16.4. The van der Waals surface area contributed by atoms with E-state index >= 15 is 0 Å². The maximum Gasteiger partial charge on any atom is 1.00 e. The van der Waals surface area contributed by atoms with Crippen LogP contribution in [-0.4, -0.2) is 76.1 Å². The summed E-state index contributed by atoms with van der Waals surface area (Å²) in [5.74, 6) is 0. The first-order valence-corrected chi connectivity index (χ1v) is 27.3. The molecule has 0 aliphatic carbocycles. The molecule has 3 fully saturated rings. The van der Waals surface area contributed by atoms with E-state index in [-0.39, 0.29) is 47.4 Å². The molecule has 0 bridgehead atoms. The van der Waals surface area contributed by atoms with E-state index in [1.807, 2.05) is 151 Å². The van der Waals surface area contributed by atoms with Crippen LogP contribution in [0.5, 0.6) is 0 Å². The number of unbranched alkanes of at least 4 members (excludes halogenated alkanes) is 1. The summed E-state index contributed by atoms with van der Waals surface area (Å²) < 4.78 is 35.1. The first kappa shape index (κ1) is 61.2. The zero-order valence-corrected chi connectivity index (χ0v) is 48.9. The predicted octanol–water partition coefficient (Wildman–Crippen LogP) is 12.4. The maximum absolute atomic E-state index is 6.24. The number of hydrogen-bond donors (Lipinski definition) is 0. The third-order valence-electron chi connectivity index (χ3n) is 13.8. The van der Waals surface area contributed by atoms with Crippen molar-refractivity contribution in [2.24, 2.45) is 0 Å². The molecule has 3 aliphatic rings. The molecule has 77 heavy (non-hydrogen) atoms. The molecule has 3 saturated heterocycles. The van der Waals surface area contributed by atoms with Gasteiger partial charge in [0.05, 0.1) is 67.2 Å². The van der Waals surface area contributed by atoms with Crippen LogP contribution < -0.4 is 24.3 Å². The minimum Gasteiger partial charge on any atom is -0.399 e. The summed E-state index contributed by atoms with van der Waals surface area (Å²) in [7, 11) is -0.949. The van der Waals surface area contributed by atoms with E-state index in [1.165, 1.54) is 19.3 Å². The smallest absolute Gasteiger partial charge is 0.399 e. The van der Waals surface area contributed by atoms with Gasteiger partial charge in [0.2, 0.25) is 0 Å². The van der Waals surface area contributed by atoms with Crippen molar-refractivity contribution in [1.29, 1.82) is 0 Å². The minimum absolute atomic E-state index is 0. The van der Waals surface area contributed by atoms with Gasteiger partial charge in [0.15, 0.2) is 0 Å². The quantitative estimate of drug-likeness (QED) is 0.108. The molecule has 2 aromatic heterocycles. The molecule has 6 aromatic carbocycles. The molecule has 10 nitrogen and oxygen atoms in total. The van der Waals surface area contributed by atoms with Gasteiger partial charge in [0.1, 0.15) is 0 Å². The van der Waals surface area contributed by atoms with Crippen LogP contribution in [0.25, 0.3) is 67.1 Å². The van der Waals surface area contributed by atoms with Crippen LogP contribution in [0.2, 0.25) is 0 Å². The topological polar surface area (TPSA) is 107 Å². The molecule has 0 N–H and O–H groups in total. The molecular formula is C63H74B2BrLiN4O6. The number of nitrogens with zero attached hydrogens (tertiary/aromatic N) is 4. The largest absolute Gasteiger partial charge is 1.00 e. The van der Waals surface area contributed by atoms with Gasteiger partial charge >= 0.3 is 33.3 Å². The van der Waals surface area contributed by atoms with E-state index < -0.39 is 14.4 Å². The summed E-state index contributed by atoms with van der Waals surface area (Å²) in [4.78, 5) is 19.8. The van der Waals surface area contributed by atoms with E-state index in [0.29, 0.717) is 0 Å². The molecule has 0 amide bonds. The summed E-state index contributed by atoms with van der Waals surface area (Å²) in [6, 6.07) is 52.9. The van der Waals surface area contributed by atoms with Crippen molar-refractivity contribution in [2.75, 3.05) is 13.2 Å². The van der Waals surface area contributed by atoms with Gasteiger partial charge < -0.3 is 34.9 Å². The van der Waals surface area contributed by atoms with E-state index in [1.54, 1.807) is 0 Å². The first-order valence-electron chi connectivity index (χ1n) is 26.6. The van der Waals surface area contributed by atoms with Crippen LogP contribution in [-0.2, 0) is 28.0 Å². The van der Waals surface area contributed by atoms with Crippen LogP contribution in [0.4, 0.5) is 0 Å². The van der Waals surface area contributed by atoms with Crippen molar-refractivity contribution < 1.29 is 46.9 Å². The van der Waals surface area contributed by atoms with Gasteiger partial charge in [-0.3, -0.25) is 0 Å². The minimum atomic E-state index is -0.523. The number of hydrogen-bond acceptors (Lipinski definition) is 10. The van der Waals surface area contributed by atoms with Crippen molar-refractivity contribution in [2.45, 2.75) is 130 Å². The molecule has 8 aromatic rings. The second-order valence-electron chi connectivity index (χ2n) is 21.2. The fraction of sp³-hybridized carbons (Fsp3) is 0.349. The zero-order valence-electron chi connectivity index (χ0n) is 47.3. The number of benzene rings is 6. The second kappa shape index (κ2) is 27.7. The summed E-state index contributed by atoms with van der Waals surface area (Å²) in [5, 5.41) is 0.